The minimum atomic E-state index is -0.565. The highest BCUT2D eigenvalue weighted by Crippen LogP contribution is 2.27. The molecule has 1 aromatic rings. The van der Waals surface area contributed by atoms with Crippen LogP contribution >= 0.6 is 0 Å². The van der Waals surface area contributed by atoms with E-state index in [1.54, 1.807) is 11.0 Å². The number of nitrogens with two attached hydrogens (primary N) is 1. The maximum atomic E-state index is 12.3. The van der Waals surface area contributed by atoms with E-state index >= 15 is 0 Å². The van der Waals surface area contributed by atoms with E-state index in [9.17, 15) is 14.9 Å². The summed E-state index contributed by atoms with van der Waals surface area (Å²) in [5.41, 5.74) is 5.70. The van der Waals surface area contributed by atoms with Crippen molar-refractivity contribution in [2.45, 2.75) is 19.8 Å². The van der Waals surface area contributed by atoms with E-state index < -0.39 is 4.92 Å². The van der Waals surface area contributed by atoms with Crippen LogP contribution < -0.4 is 5.73 Å². The molecular formula is C13H17N3O3. The minimum Gasteiger partial charge on any atom is -0.393 e. The zero-order valence-electron chi connectivity index (χ0n) is 10.8. The van der Waals surface area contributed by atoms with Gasteiger partial charge in [0.25, 0.3) is 11.6 Å². The third kappa shape index (κ3) is 2.67. The van der Waals surface area contributed by atoms with Gasteiger partial charge in [0.2, 0.25) is 0 Å². The fraction of sp³-hybridized carbons (Fsp3) is 0.462. The van der Waals surface area contributed by atoms with E-state index in [1.165, 1.54) is 12.1 Å². The van der Waals surface area contributed by atoms with Crippen LogP contribution in [0.25, 0.3) is 0 Å². The molecule has 1 heterocycles. The van der Waals surface area contributed by atoms with Gasteiger partial charge in [-0.2, -0.15) is 0 Å². The SMILES string of the molecule is CC1CCN(C(=O)c2cccc([N+](=O)[O-])c2N)CC1. The summed E-state index contributed by atoms with van der Waals surface area (Å²) in [4.78, 5) is 24.3. The topological polar surface area (TPSA) is 89.5 Å². The molecule has 102 valence electrons. The summed E-state index contributed by atoms with van der Waals surface area (Å²) in [6.45, 7) is 3.52. The third-order valence-corrected chi connectivity index (χ3v) is 3.58. The van der Waals surface area contributed by atoms with Gasteiger partial charge in [-0.1, -0.05) is 13.0 Å². The smallest absolute Gasteiger partial charge is 0.292 e. The predicted octanol–water partition coefficient (Wildman–Crippen LogP) is 2.05. The van der Waals surface area contributed by atoms with Gasteiger partial charge in [0.15, 0.2) is 0 Å². The molecule has 0 spiro atoms. The van der Waals surface area contributed by atoms with E-state index in [0.717, 1.165) is 12.8 Å². The van der Waals surface area contributed by atoms with Crippen LogP contribution in [-0.4, -0.2) is 28.8 Å². The summed E-state index contributed by atoms with van der Waals surface area (Å²) in [6, 6.07) is 4.35. The van der Waals surface area contributed by atoms with Crippen molar-refractivity contribution in [2.75, 3.05) is 18.8 Å². The van der Waals surface area contributed by atoms with Gasteiger partial charge in [0, 0.05) is 19.2 Å². The van der Waals surface area contributed by atoms with Gasteiger partial charge in [-0.3, -0.25) is 14.9 Å². The highest BCUT2D eigenvalue weighted by molar-refractivity contribution is 6.01. The number of hydrogen-bond donors (Lipinski definition) is 1. The van der Waals surface area contributed by atoms with Gasteiger partial charge < -0.3 is 10.6 Å². The van der Waals surface area contributed by atoms with Crippen molar-refractivity contribution in [2.24, 2.45) is 5.92 Å². The average molecular weight is 263 g/mol. The first-order chi connectivity index (χ1) is 9.00. The molecule has 19 heavy (non-hydrogen) atoms. The lowest BCUT2D eigenvalue weighted by atomic mass is 9.98. The average Bonchev–Trinajstić information content (AvgIpc) is 2.38. The lowest BCUT2D eigenvalue weighted by Crippen LogP contribution is -2.38. The summed E-state index contributed by atoms with van der Waals surface area (Å²) < 4.78 is 0. The molecule has 0 radical (unpaired) electrons. The van der Waals surface area contributed by atoms with Gasteiger partial charge in [-0.05, 0) is 24.8 Å². The Labute approximate surface area is 111 Å². The first-order valence-electron chi connectivity index (χ1n) is 6.33. The van der Waals surface area contributed by atoms with Crippen molar-refractivity contribution >= 4 is 17.3 Å². The molecule has 2 N–H and O–H groups in total. The maximum absolute atomic E-state index is 12.3. The number of para-hydroxylation sites is 1. The summed E-state index contributed by atoms with van der Waals surface area (Å²) in [6.07, 6.45) is 1.92. The van der Waals surface area contributed by atoms with Crippen LogP contribution in [0.3, 0.4) is 0 Å². The molecule has 6 heteroatoms. The van der Waals surface area contributed by atoms with Crippen molar-refractivity contribution in [1.29, 1.82) is 0 Å². The van der Waals surface area contributed by atoms with Crippen LogP contribution in [0.1, 0.15) is 30.1 Å². The number of carbonyl (C=O) groups is 1. The Balaban J connectivity index is 2.24. The number of hydrogen-bond acceptors (Lipinski definition) is 4. The van der Waals surface area contributed by atoms with Crippen LogP contribution in [-0.2, 0) is 0 Å². The lowest BCUT2D eigenvalue weighted by Gasteiger charge is -2.30. The van der Waals surface area contributed by atoms with Crippen LogP contribution in [0.4, 0.5) is 11.4 Å². The van der Waals surface area contributed by atoms with E-state index in [-0.39, 0.29) is 22.8 Å². The van der Waals surface area contributed by atoms with E-state index in [4.69, 9.17) is 5.73 Å². The molecule has 0 aliphatic carbocycles. The van der Waals surface area contributed by atoms with Crippen LogP contribution in [0.2, 0.25) is 0 Å². The van der Waals surface area contributed by atoms with Crippen LogP contribution in [0.5, 0.6) is 0 Å². The molecule has 1 amide bonds. The molecule has 0 aromatic heterocycles. The second-order valence-electron chi connectivity index (χ2n) is 4.97. The molecule has 1 aliphatic heterocycles. The molecule has 1 aliphatic rings. The van der Waals surface area contributed by atoms with Crippen molar-refractivity contribution in [3.05, 3.63) is 33.9 Å². The molecule has 1 fully saturated rings. The Kier molecular flexibility index (Phi) is 3.69. The second-order valence-corrected chi connectivity index (χ2v) is 4.97. The number of nitrogen functional groups attached to an aromatic ring is 1. The normalized spacial score (nSPS) is 16.4. The lowest BCUT2D eigenvalue weighted by molar-refractivity contribution is -0.383. The Morgan fingerprint density at radius 1 is 1.42 bits per heavy atom. The van der Waals surface area contributed by atoms with Gasteiger partial charge >= 0.3 is 0 Å². The van der Waals surface area contributed by atoms with E-state index in [0.29, 0.717) is 19.0 Å². The number of carbonyl (C=O) groups excluding carboxylic acids is 1. The number of nitrogens with zero attached hydrogens (tertiary/aromatic N) is 2. The monoisotopic (exact) mass is 263 g/mol. The Morgan fingerprint density at radius 2 is 2.05 bits per heavy atom. The summed E-state index contributed by atoms with van der Waals surface area (Å²) in [5, 5.41) is 10.8. The van der Waals surface area contributed by atoms with Crippen molar-refractivity contribution in [1.82, 2.24) is 4.90 Å². The van der Waals surface area contributed by atoms with Gasteiger partial charge in [0.05, 0.1) is 10.5 Å². The summed E-state index contributed by atoms with van der Waals surface area (Å²) in [7, 11) is 0. The van der Waals surface area contributed by atoms with Crippen LogP contribution in [0.15, 0.2) is 18.2 Å². The Bertz CT molecular complexity index is 508. The summed E-state index contributed by atoms with van der Waals surface area (Å²) in [5.74, 6) is 0.402. The molecule has 0 unspecified atom stereocenters. The molecule has 0 atom stereocenters. The molecule has 1 saturated heterocycles. The van der Waals surface area contributed by atoms with E-state index in [2.05, 4.69) is 6.92 Å². The first-order valence-corrected chi connectivity index (χ1v) is 6.33. The molecule has 0 saturated carbocycles. The highest BCUT2D eigenvalue weighted by Gasteiger charge is 2.25. The third-order valence-electron chi connectivity index (χ3n) is 3.58. The van der Waals surface area contributed by atoms with Crippen molar-refractivity contribution in [3.8, 4) is 0 Å². The molecule has 1 aromatic carbocycles. The standard InChI is InChI=1S/C13H17N3O3/c1-9-5-7-15(8-6-9)13(17)10-3-2-4-11(12(10)14)16(18)19/h2-4,9H,5-8,14H2,1H3. The molecular weight excluding hydrogens is 246 g/mol. The number of rotatable bonds is 2. The number of benzene rings is 1. The number of piperidine rings is 1. The minimum absolute atomic E-state index is 0.0453. The Hall–Kier alpha value is -2.11. The number of nitro benzene ring substituents is 1. The molecule has 6 nitrogen and oxygen atoms in total. The number of anilines is 1. The van der Waals surface area contributed by atoms with Gasteiger partial charge in [-0.25, -0.2) is 0 Å². The van der Waals surface area contributed by atoms with Crippen molar-refractivity contribution < 1.29 is 9.72 Å². The number of likely N-dealkylation sites (tertiary alicyclic amines) is 1. The Morgan fingerprint density at radius 3 is 2.63 bits per heavy atom. The predicted molar refractivity (Wildman–Crippen MR) is 71.8 cm³/mol. The largest absolute Gasteiger partial charge is 0.393 e. The second kappa shape index (κ2) is 5.26. The molecule has 2 rings (SSSR count). The summed E-state index contributed by atoms with van der Waals surface area (Å²) >= 11 is 0. The van der Waals surface area contributed by atoms with Gasteiger partial charge in [-0.15, -0.1) is 0 Å². The van der Waals surface area contributed by atoms with E-state index in [1.807, 2.05) is 0 Å². The zero-order valence-corrected chi connectivity index (χ0v) is 10.8. The zero-order chi connectivity index (χ0) is 14.0. The maximum Gasteiger partial charge on any atom is 0.292 e. The quantitative estimate of drug-likeness (QED) is 0.502. The number of nitro groups is 1. The fourth-order valence-electron chi connectivity index (χ4n) is 2.28. The first kappa shape index (κ1) is 13.3. The van der Waals surface area contributed by atoms with Crippen molar-refractivity contribution in [3.63, 3.8) is 0 Å². The number of amides is 1. The molecule has 0 bridgehead atoms. The van der Waals surface area contributed by atoms with Crippen LogP contribution in [0, 0.1) is 16.0 Å². The highest BCUT2D eigenvalue weighted by atomic mass is 16.6. The fourth-order valence-corrected chi connectivity index (χ4v) is 2.28. The van der Waals surface area contributed by atoms with Gasteiger partial charge in [0.1, 0.15) is 5.69 Å².